The van der Waals surface area contributed by atoms with Gasteiger partial charge in [-0.25, -0.2) is 0 Å². The zero-order valence-electron chi connectivity index (χ0n) is 23.0. The molecule has 37 heavy (non-hydrogen) atoms. The van der Waals surface area contributed by atoms with Gasteiger partial charge in [-0.1, -0.05) is 51.1 Å². The average molecular weight is 525 g/mol. The first-order chi connectivity index (χ1) is 17.3. The fourth-order valence-electron chi connectivity index (χ4n) is 4.05. The second-order valence-corrected chi connectivity index (χ2v) is 16.0. The van der Waals surface area contributed by atoms with Gasteiger partial charge in [0.1, 0.15) is 5.75 Å². The lowest BCUT2D eigenvalue weighted by Crippen LogP contribution is -2.44. The maximum atomic E-state index is 11.9. The monoisotopic (exact) mass is 524 g/mol. The molecule has 3 N–H and O–H groups in total. The van der Waals surface area contributed by atoms with Gasteiger partial charge >= 0.3 is 5.97 Å². The van der Waals surface area contributed by atoms with Gasteiger partial charge in [0.15, 0.2) is 8.32 Å². The molecule has 0 aliphatic carbocycles. The average Bonchev–Trinajstić information content (AvgIpc) is 2.83. The van der Waals surface area contributed by atoms with Crippen molar-refractivity contribution in [2.24, 2.45) is 0 Å². The van der Waals surface area contributed by atoms with E-state index in [4.69, 9.17) is 9.16 Å². The normalized spacial score (nSPS) is 13.9. The van der Waals surface area contributed by atoms with Gasteiger partial charge in [0.2, 0.25) is 5.56 Å². The van der Waals surface area contributed by atoms with E-state index in [2.05, 4.69) is 51.1 Å². The highest BCUT2D eigenvalue weighted by Crippen LogP contribution is 2.41. The lowest BCUT2D eigenvalue weighted by Gasteiger charge is -2.40. The summed E-state index contributed by atoms with van der Waals surface area (Å²) in [6, 6.07) is 14.9. The van der Waals surface area contributed by atoms with Gasteiger partial charge in [0, 0.05) is 24.0 Å². The van der Waals surface area contributed by atoms with E-state index in [-0.39, 0.29) is 40.9 Å². The molecule has 8 heteroatoms. The molecule has 0 aliphatic heterocycles. The number of phenols is 1. The number of hydrogen-bond acceptors (Lipinski definition) is 6. The summed E-state index contributed by atoms with van der Waals surface area (Å²) >= 11 is 0. The Bertz CT molecular complexity index is 1280. The summed E-state index contributed by atoms with van der Waals surface area (Å²) < 4.78 is 11.6. The number of carbonyl (C=O) groups is 1. The Morgan fingerprint density at radius 2 is 1.70 bits per heavy atom. The molecule has 0 spiro atoms. The molecule has 200 valence electrons. The molecule has 0 aliphatic rings. The van der Waals surface area contributed by atoms with Gasteiger partial charge in [-0.2, -0.15) is 0 Å². The van der Waals surface area contributed by atoms with Crippen molar-refractivity contribution in [3.63, 3.8) is 0 Å². The molecule has 3 aromatic rings. The van der Waals surface area contributed by atoms with Crippen LogP contribution < -0.4 is 10.9 Å². The maximum absolute atomic E-state index is 11.9. The number of esters is 1. The van der Waals surface area contributed by atoms with Crippen molar-refractivity contribution in [3.05, 3.63) is 75.6 Å². The second kappa shape index (κ2) is 11.6. The number of pyridine rings is 1. The van der Waals surface area contributed by atoms with Crippen LogP contribution in [-0.4, -0.2) is 44.1 Å². The molecule has 0 fully saturated rings. The smallest absolute Gasteiger partial charge is 0.309 e. The molecule has 0 unspecified atom stereocenters. The Hall–Kier alpha value is -2.94. The number of aromatic amines is 1. The van der Waals surface area contributed by atoms with Gasteiger partial charge in [0.05, 0.1) is 25.2 Å². The number of hydrogen-bond donors (Lipinski definition) is 3. The Balaban J connectivity index is 1.81. The predicted molar refractivity (Wildman–Crippen MR) is 151 cm³/mol. The number of rotatable bonds is 10. The van der Waals surface area contributed by atoms with Crippen molar-refractivity contribution >= 4 is 25.2 Å². The Labute approximate surface area is 220 Å². The quantitative estimate of drug-likeness (QED) is 0.248. The van der Waals surface area contributed by atoms with Gasteiger partial charge in [-0.3, -0.25) is 9.59 Å². The molecular formula is C29H40N2O5Si. The second-order valence-electron chi connectivity index (χ2n) is 11.2. The molecule has 0 radical (unpaired) electrons. The Morgan fingerprint density at radius 1 is 1.05 bits per heavy atom. The standard InChI is InChI=1S/C29H40N2O5Si/c1-19(16-20-8-10-21(11-9-20)17-27(34)35-5)30-18-25(36-37(6,7)29(2,3)4)22-12-14-24(32)28-23(22)13-15-26(33)31-28/h8-15,19,25,30,32H,16-18H2,1-7H3,(H,31,33)/t19-,25+/m1/s1. The number of ether oxygens (including phenoxy) is 1. The summed E-state index contributed by atoms with van der Waals surface area (Å²) in [5.41, 5.74) is 3.19. The molecule has 3 rings (SSSR count). The first kappa shape index (κ1) is 28.6. The summed E-state index contributed by atoms with van der Waals surface area (Å²) in [6.45, 7) is 13.8. The zero-order valence-corrected chi connectivity index (χ0v) is 24.0. The Kier molecular flexibility index (Phi) is 8.99. The van der Waals surface area contributed by atoms with E-state index in [0.29, 0.717) is 12.1 Å². The van der Waals surface area contributed by atoms with Gasteiger partial charge in [-0.05, 0) is 60.3 Å². The number of methoxy groups -OCH3 is 1. The topological polar surface area (TPSA) is 101 Å². The van der Waals surface area contributed by atoms with E-state index in [0.717, 1.165) is 22.9 Å². The first-order valence-corrected chi connectivity index (χ1v) is 15.6. The van der Waals surface area contributed by atoms with Crippen LogP contribution in [0.25, 0.3) is 10.9 Å². The maximum Gasteiger partial charge on any atom is 0.309 e. The van der Waals surface area contributed by atoms with Crippen LogP contribution in [0.15, 0.2) is 53.3 Å². The third-order valence-electron chi connectivity index (χ3n) is 7.29. The summed E-state index contributed by atoms with van der Waals surface area (Å²) in [7, 11) is -0.749. The molecule has 1 heterocycles. The largest absolute Gasteiger partial charge is 0.506 e. The predicted octanol–water partition coefficient (Wildman–Crippen LogP) is 5.23. The first-order valence-electron chi connectivity index (χ1n) is 12.7. The minimum atomic E-state index is -2.14. The summed E-state index contributed by atoms with van der Waals surface area (Å²) in [5, 5.41) is 14.8. The third-order valence-corrected chi connectivity index (χ3v) is 11.8. The van der Waals surface area contributed by atoms with Crippen molar-refractivity contribution in [2.75, 3.05) is 13.7 Å². The SMILES string of the molecule is COC(=O)Cc1ccc(C[C@@H](C)NC[C@H](O[Si](C)(C)C(C)(C)C)c2ccc(O)c3[nH]c(=O)ccc23)cc1. The Morgan fingerprint density at radius 3 is 2.32 bits per heavy atom. The minimum Gasteiger partial charge on any atom is -0.506 e. The van der Waals surface area contributed by atoms with Crippen LogP contribution in [0.5, 0.6) is 5.75 Å². The van der Waals surface area contributed by atoms with E-state index in [1.54, 1.807) is 12.1 Å². The summed E-state index contributed by atoms with van der Waals surface area (Å²) in [4.78, 5) is 26.2. The highest BCUT2D eigenvalue weighted by atomic mass is 28.4. The summed E-state index contributed by atoms with van der Waals surface area (Å²) in [5.74, 6) is -0.208. The number of carbonyl (C=O) groups excluding carboxylic acids is 1. The molecule has 0 amide bonds. The van der Waals surface area contributed by atoms with Gasteiger partial charge in [0.25, 0.3) is 0 Å². The molecule has 0 saturated carbocycles. The van der Waals surface area contributed by atoms with Gasteiger partial charge in [-0.15, -0.1) is 0 Å². The van der Waals surface area contributed by atoms with Crippen LogP contribution in [0.4, 0.5) is 0 Å². The van der Waals surface area contributed by atoms with Crippen molar-refractivity contribution in [1.29, 1.82) is 0 Å². The number of nitrogens with one attached hydrogen (secondary N) is 2. The molecule has 2 aromatic carbocycles. The molecule has 1 aromatic heterocycles. The number of benzene rings is 2. The number of H-pyrrole nitrogens is 1. The van der Waals surface area contributed by atoms with Crippen LogP contribution in [-0.2, 0) is 26.8 Å². The van der Waals surface area contributed by atoms with Crippen molar-refractivity contribution in [2.45, 2.75) is 70.8 Å². The summed E-state index contributed by atoms with van der Waals surface area (Å²) in [6.07, 6.45) is 0.817. The van der Waals surface area contributed by atoms with Crippen LogP contribution in [0.2, 0.25) is 18.1 Å². The molecule has 2 atom stereocenters. The van der Waals surface area contributed by atoms with Crippen LogP contribution in [0.1, 0.15) is 50.5 Å². The van der Waals surface area contributed by atoms with E-state index in [1.165, 1.54) is 18.7 Å². The zero-order chi connectivity index (χ0) is 27.4. The van der Waals surface area contributed by atoms with Crippen LogP contribution in [0.3, 0.4) is 0 Å². The van der Waals surface area contributed by atoms with E-state index in [9.17, 15) is 14.7 Å². The fraction of sp³-hybridized carbons (Fsp3) is 0.448. The van der Waals surface area contributed by atoms with E-state index in [1.807, 2.05) is 30.3 Å². The number of phenolic OH excluding ortho intramolecular Hbond substituents is 1. The van der Waals surface area contributed by atoms with Crippen LogP contribution >= 0.6 is 0 Å². The highest BCUT2D eigenvalue weighted by Gasteiger charge is 2.39. The van der Waals surface area contributed by atoms with Crippen molar-refractivity contribution < 1.29 is 19.1 Å². The number of aromatic nitrogens is 1. The lowest BCUT2D eigenvalue weighted by molar-refractivity contribution is -0.139. The van der Waals surface area contributed by atoms with E-state index >= 15 is 0 Å². The fourth-order valence-corrected chi connectivity index (χ4v) is 5.33. The molecule has 7 nitrogen and oxygen atoms in total. The van der Waals surface area contributed by atoms with Crippen molar-refractivity contribution in [1.82, 2.24) is 10.3 Å². The van der Waals surface area contributed by atoms with Crippen molar-refractivity contribution in [3.8, 4) is 5.75 Å². The number of aromatic hydroxyl groups is 1. The van der Waals surface area contributed by atoms with Gasteiger partial charge < -0.3 is 24.6 Å². The van der Waals surface area contributed by atoms with Crippen LogP contribution in [0, 0.1) is 0 Å². The molecule has 0 saturated heterocycles. The minimum absolute atomic E-state index is 0.0177. The molecule has 0 bridgehead atoms. The molecular weight excluding hydrogens is 484 g/mol. The third kappa shape index (κ3) is 7.31. The number of fused-ring (bicyclic) bond motifs is 1. The van der Waals surface area contributed by atoms with E-state index < -0.39 is 8.32 Å². The lowest BCUT2D eigenvalue weighted by atomic mass is 10.0. The highest BCUT2D eigenvalue weighted by molar-refractivity contribution is 6.74.